The van der Waals surface area contributed by atoms with Gasteiger partial charge in [0.1, 0.15) is 18.4 Å². The Morgan fingerprint density at radius 1 is 1.32 bits per heavy atom. The second kappa shape index (κ2) is 5.61. The number of hydrogen-bond acceptors (Lipinski definition) is 4. The average Bonchev–Trinajstić information content (AvgIpc) is 2.98. The van der Waals surface area contributed by atoms with E-state index in [0.717, 1.165) is 30.2 Å². The van der Waals surface area contributed by atoms with Gasteiger partial charge in [0.15, 0.2) is 0 Å². The molecule has 3 rings (SSSR count). The van der Waals surface area contributed by atoms with E-state index in [9.17, 15) is 0 Å². The van der Waals surface area contributed by atoms with Crippen LogP contribution in [0.2, 0.25) is 0 Å². The molecule has 0 aliphatic carbocycles. The standard InChI is InChI=1S/C15H20N2O2/c1-18-14-8-3-2-6-11(14)13-10-19-15(17-13)12-7-4-5-9-16-12/h2-3,6,8,12-13,16H,4-5,7,9-10H2,1H3. The van der Waals surface area contributed by atoms with E-state index in [1.165, 1.54) is 12.8 Å². The van der Waals surface area contributed by atoms with Crippen LogP contribution in [0, 0.1) is 0 Å². The summed E-state index contributed by atoms with van der Waals surface area (Å²) in [6.07, 6.45) is 3.62. The van der Waals surface area contributed by atoms with E-state index in [-0.39, 0.29) is 6.04 Å². The van der Waals surface area contributed by atoms with Gasteiger partial charge in [0.2, 0.25) is 5.90 Å². The Labute approximate surface area is 113 Å². The summed E-state index contributed by atoms with van der Waals surface area (Å²) in [5.74, 6) is 1.76. The van der Waals surface area contributed by atoms with Gasteiger partial charge in [-0.25, -0.2) is 4.99 Å². The highest BCUT2D eigenvalue weighted by atomic mass is 16.5. The van der Waals surface area contributed by atoms with Crippen molar-refractivity contribution < 1.29 is 9.47 Å². The van der Waals surface area contributed by atoms with Crippen molar-refractivity contribution in [2.75, 3.05) is 20.3 Å². The van der Waals surface area contributed by atoms with Crippen molar-refractivity contribution in [3.63, 3.8) is 0 Å². The van der Waals surface area contributed by atoms with Crippen molar-refractivity contribution in [1.29, 1.82) is 0 Å². The predicted octanol–water partition coefficient (Wildman–Crippen LogP) is 2.31. The zero-order chi connectivity index (χ0) is 13.1. The molecule has 2 aliphatic rings. The molecular formula is C15H20N2O2. The van der Waals surface area contributed by atoms with E-state index in [0.29, 0.717) is 12.6 Å². The maximum Gasteiger partial charge on any atom is 0.201 e. The zero-order valence-electron chi connectivity index (χ0n) is 11.3. The van der Waals surface area contributed by atoms with Gasteiger partial charge in [-0.15, -0.1) is 0 Å². The molecule has 2 unspecified atom stereocenters. The van der Waals surface area contributed by atoms with Crippen LogP contribution in [0.1, 0.15) is 30.9 Å². The molecule has 1 aromatic rings. The van der Waals surface area contributed by atoms with Crippen LogP contribution >= 0.6 is 0 Å². The van der Waals surface area contributed by atoms with Crippen molar-refractivity contribution in [3.8, 4) is 5.75 Å². The summed E-state index contributed by atoms with van der Waals surface area (Å²) in [4.78, 5) is 4.74. The van der Waals surface area contributed by atoms with Gasteiger partial charge in [0, 0.05) is 5.56 Å². The Bertz CT molecular complexity index is 467. The monoisotopic (exact) mass is 260 g/mol. The first-order chi connectivity index (χ1) is 9.38. The number of methoxy groups -OCH3 is 1. The van der Waals surface area contributed by atoms with Crippen LogP contribution in [-0.2, 0) is 4.74 Å². The maximum absolute atomic E-state index is 5.79. The lowest BCUT2D eigenvalue weighted by Crippen LogP contribution is -2.40. The lowest BCUT2D eigenvalue weighted by Gasteiger charge is -2.22. The van der Waals surface area contributed by atoms with Gasteiger partial charge < -0.3 is 14.8 Å². The van der Waals surface area contributed by atoms with Crippen LogP contribution in [0.5, 0.6) is 5.75 Å². The van der Waals surface area contributed by atoms with Crippen LogP contribution in [0.15, 0.2) is 29.3 Å². The minimum atomic E-state index is 0.0647. The molecule has 19 heavy (non-hydrogen) atoms. The van der Waals surface area contributed by atoms with Crippen LogP contribution in [0.4, 0.5) is 0 Å². The Morgan fingerprint density at radius 3 is 3.00 bits per heavy atom. The summed E-state index contributed by atoms with van der Waals surface area (Å²) in [5.41, 5.74) is 1.11. The highest BCUT2D eigenvalue weighted by Crippen LogP contribution is 2.31. The number of rotatable bonds is 3. The number of nitrogens with zero attached hydrogens (tertiary/aromatic N) is 1. The van der Waals surface area contributed by atoms with E-state index >= 15 is 0 Å². The molecule has 4 heteroatoms. The van der Waals surface area contributed by atoms with E-state index in [1.807, 2.05) is 18.2 Å². The van der Waals surface area contributed by atoms with Gasteiger partial charge in [0.25, 0.3) is 0 Å². The van der Waals surface area contributed by atoms with Crippen molar-refractivity contribution >= 4 is 5.90 Å². The number of ether oxygens (including phenoxy) is 2. The Kier molecular flexibility index (Phi) is 3.69. The molecule has 2 atom stereocenters. The minimum Gasteiger partial charge on any atom is -0.496 e. The molecule has 2 aliphatic heterocycles. The normalized spacial score (nSPS) is 26.7. The number of hydrogen-bond donors (Lipinski definition) is 1. The predicted molar refractivity (Wildman–Crippen MR) is 74.8 cm³/mol. The molecule has 102 valence electrons. The molecule has 1 aromatic carbocycles. The van der Waals surface area contributed by atoms with E-state index in [1.54, 1.807) is 7.11 Å². The number of para-hydroxylation sites is 1. The minimum absolute atomic E-state index is 0.0647. The Hall–Kier alpha value is -1.55. The van der Waals surface area contributed by atoms with Crippen molar-refractivity contribution in [2.24, 2.45) is 4.99 Å². The van der Waals surface area contributed by atoms with Gasteiger partial charge >= 0.3 is 0 Å². The van der Waals surface area contributed by atoms with Gasteiger partial charge in [-0.2, -0.15) is 0 Å². The molecule has 0 saturated carbocycles. The van der Waals surface area contributed by atoms with Crippen LogP contribution in [-0.4, -0.2) is 32.2 Å². The van der Waals surface area contributed by atoms with Crippen molar-refractivity contribution in [3.05, 3.63) is 29.8 Å². The highest BCUT2D eigenvalue weighted by Gasteiger charge is 2.28. The molecule has 1 saturated heterocycles. The molecule has 1 fully saturated rings. The first-order valence-corrected chi connectivity index (χ1v) is 6.95. The van der Waals surface area contributed by atoms with E-state index in [4.69, 9.17) is 14.5 Å². The molecular weight excluding hydrogens is 240 g/mol. The second-order valence-electron chi connectivity index (χ2n) is 5.04. The molecule has 0 radical (unpaired) electrons. The summed E-state index contributed by atoms with van der Waals surface area (Å²) in [5, 5.41) is 3.47. The largest absolute Gasteiger partial charge is 0.496 e. The summed E-state index contributed by atoms with van der Waals surface area (Å²) in [6.45, 7) is 1.68. The van der Waals surface area contributed by atoms with E-state index < -0.39 is 0 Å². The topological polar surface area (TPSA) is 42.9 Å². The van der Waals surface area contributed by atoms with Crippen LogP contribution in [0.3, 0.4) is 0 Å². The number of nitrogens with one attached hydrogen (secondary N) is 1. The Morgan fingerprint density at radius 2 is 2.21 bits per heavy atom. The lowest BCUT2D eigenvalue weighted by molar-refractivity contribution is 0.290. The third kappa shape index (κ3) is 2.59. The fourth-order valence-electron chi connectivity index (χ4n) is 2.75. The molecule has 0 amide bonds. The molecule has 0 bridgehead atoms. The van der Waals surface area contributed by atoms with Gasteiger partial charge in [-0.3, -0.25) is 0 Å². The van der Waals surface area contributed by atoms with Gasteiger partial charge in [-0.1, -0.05) is 24.6 Å². The van der Waals surface area contributed by atoms with E-state index in [2.05, 4.69) is 11.4 Å². The third-order valence-electron chi connectivity index (χ3n) is 3.78. The highest BCUT2D eigenvalue weighted by molar-refractivity contribution is 5.83. The smallest absolute Gasteiger partial charge is 0.201 e. The second-order valence-corrected chi connectivity index (χ2v) is 5.04. The number of piperidine rings is 1. The number of aliphatic imine (C=N–C) groups is 1. The zero-order valence-corrected chi connectivity index (χ0v) is 11.3. The summed E-state index contributed by atoms with van der Waals surface area (Å²) >= 11 is 0. The first kappa shape index (κ1) is 12.5. The SMILES string of the molecule is COc1ccccc1C1COC(C2CCCCN2)=N1. The molecule has 4 nitrogen and oxygen atoms in total. The molecule has 1 N–H and O–H groups in total. The first-order valence-electron chi connectivity index (χ1n) is 6.95. The number of benzene rings is 1. The lowest BCUT2D eigenvalue weighted by atomic mass is 10.0. The van der Waals surface area contributed by atoms with Crippen LogP contribution < -0.4 is 10.1 Å². The summed E-state index contributed by atoms with van der Waals surface area (Å²) in [7, 11) is 1.70. The summed E-state index contributed by atoms with van der Waals surface area (Å²) in [6, 6.07) is 8.40. The quantitative estimate of drug-likeness (QED) is 0.907. The molecule has 2 heterocycles. The van der Waals surface area contributed by atoms with Gasteiger partial charge in [-0.05, 0) is 25.5 Å². The van der Waals surface area contributed by atoms with Gasteiger partial charge in [0.05, 0.1) is 13.2 Å². The average molecular weight is 260 g/mol. The molecule has 0 spiro atoms. The molecule has 0 aromatic heterocycles. The van der Waals surface area contributed by atoms with Crippen molar-refractivity contribution in [2.45, 2.75) is 31.3 Å². The fourth-order valence-corrected chi connectivity index (χ4v) is 2.75. The maximum atomic E-state index is 5.79. The third-order valence-corrected chi connectivity index (χ3v) is 3.78. The summed E-state index contributed by atoms with van der Waals surface area (Å²) < 4.78 is 11.2. The van der Waals surface area contributed by atoms with Crippen LogP contribution in [0.25, 0.3) is 0 Å². The van der Waals surface area contributed by atoms with Crippen molar-refractivity contribution in [1.82, 2.24) is 5.32 Å². The Balaban J connectivity index is 1.78. The fraction of sp³-hybridized carbons (Fsp3) is 0.533.